The zero-order chi connectivity index (χ0) is 23.2. The summed E-state index contributed by atoms with van der Waals surface area (Å²) >= 11 is 0. The van der Waals surface area contributed by atoms with Gasteiger partial charge in [0.1, 0.15) is 17.9 Å². The number of amides is 1. The molecule has 1 aromatic carbocycles. The van der Waals surface area contributed by atoms with Crippen molar-refractivity contribution >= 4 is 22.7 Å². The molecule has 8 heteroatoms. The number of benzene rings is 1. The highest BCUT2D eigenvalue weighted by Crippen LogP contribution is 2.25. The first-order valence-electron chi connectivity index (χ1n) is 10.4. The molecule has 0 saturated heterocycles. The van der Waals surface area contributed by atoms with Gasteiger partial charge in [0, 0.05) is 42.0 Å². The van der Waals surface area contributed by atoms with Gasteiger partial charge in [-0.25, -0.2) is 9.78 Å². The molecular weight excluding hydrogens is 422 g/mol. The minimum atomic E-state index is -0.458. The number of fused-ring (bicyclic) bond motifs is 1. The van der Waals surface area contributed by atoms with Crippen molar-refractivity contribution in [1.82, 2.24) is 9.97 Å². The smallest absolute Gasteiger partial charge is 0.339 e. The standard InChI is InChI=1S/C25H23N3O5/c1-16-19-6-5-18(31-2)14-22(19)33-25(30)20(16)7-8-23(29)28-24-21(4-3-11-27-24)32-15-17-9-12-26-13-10-17/h3-6,9-14H,7-8,15H2,1-2H3,(H,27,28,29). The average Bonchev–Trinajstić information content (AvgIpc) is 2.83. The van der Waals surface area contributed by atoms with Gasteiger partial charge in [0.05, 0.1) is 7.11 Å². The first kappa shape index (κ1) is 22.0. The third-order valence-corrected chi connectivity index (χ3v) is 5.27. The van der Waals surface area contributed by atoms with Crippen molar-refractivity contribution < 1.29 is 18.7 Å². The van der Waals surface area contributed by atoms with Gasteiger partial charge in [-0.2, -0.15) is 0 Å². The maximum absolute atomic E-state index is 12.6. The minimum Gasteiger partial charge on any atom is -0.497 e. The number of methoxy groups -OCH3 is 1. The van der Waals surface area contributed by atoms with Crippen LogP contribution in [0.15, 0.2) is 70.3 Å². The van der Waals surface area contributed by atoms with Crippen LogP contribution >= 0.6 is 0 Å². The molecule has 8 nitrogen and oxygen atoms in total. The van der Waals surface area contributed by atoms with Crippen LogP contribution in [0.1, 0.15) is 23.1 Å². The van der Waals surface area contributed by atoms with Crippen molar-refractivity contribution in [2.75, 3.05) is 12.4 Å². The number of aromatic nitrogens is 2. The first-order chi connectivity index (χ1) is 16.0. The van der Waals surface area contributed by atoms with Gasteiger partial charge in [-0.1, -0.05) is 0 Å². The highest BCUT2D eigenvalue weighted by molar-refractivity contribution is 5.91. The Morgan fingerprint density at radius 2 is 1.94 bits per heavy atom. The summed E-state index contributed by atoms with van der Waals surface area (Å²) in [6, 6.07) is 12.5. The summed E-state index contributed by atoms with van der Waals surface area (Å²) in [5.41, 5.74) is 2.20. The second-order valence-corrected chi connectivity index (χ2v) is 7.40. The SMILES string of the molecule is COc1ccc2c(C)c(CCC(=O)Nc3ncccc3OCc3ccncc3)c(=O)oc2c1. The van der Waals surface area contributed by atoms with E-state index in [9.17, 15) is 9.59 Å². The van der Waals surface area contributed by atoms with E-state index in [1.807, 2.05) is 25.1 Å². The van der Waals surface area contributed by atoms with Crippen LogP contribution in [-0.4, -0.2) is 23.0 Å². The number of nitrogens with zero attached hydrogens (tertiary/aromatic N) is 2. The van der Waals surface area contributed by atoms with E-state index in [1.165, 1.54) is 0 Å². The zero-order valence-corrected chi connectivity index (χ0v) is 18.3. The van der Waals surface area contributed by atoms with Crippen LogP contribution in [-0.2, 0) is 17.8 Å². The van der Waals surface area contributed by atoms with E-state index in [2.05, 4.69) is 15.3 Å². The minimum absolute atomic E-state index is 0.0909. The van der Waals surface area contributed by atoms with E-state index in [4.69, 9.17) is 13.9 Å². The summed E-state index contributed by atoms with van der Waals surface area (Å²) in [6.07, 6.45) is 5.28. The predicted molar refractivity (Wildman–Crippen MR) is 124 cm³/mol. The third-order valence-electron chi connectivity index (χ3n) is 5.27. The zero-order valence-electron chi connectivity index (χ0n) is 18.3. The number of carbonyl (C=O) groups excluding carboxylic acids is 1. The fraction of sp³-hybridized carbons (Fsp3) is 0.200. The molecule has 33 heavy (non-hydrogen) atoms. The van der Waals surface area contributed by atoms with Gasteiger partial charge >= 0.3 is 5.63 Å². The number of aryl methyl sites for hydroxylation is 1. The van der Waals surface area contributed by atoms with E-state index in [0.717, 1.165) is 16.5 Å². The number of hydrogen-bond donors (Lipinski definition) is 1. The highest BCUT2D eigenvalue weighted by atomic mass is 16.5. The van der Waals surface area contributed by atoms with Crippen LogP contribution in [0.5, 0.6) is 11.5 Å². The average molecular weight is 445 g/mol. The lowest BCUT2D eigenvalue weighted by atomic mass is 10.0. The number of ether oxygens (including phenoxy) is 2. The summed E-state index contributed by atoms with van der Waals surface area (Å²) in [5.74, 6) is 1.11. The maximum atomic E-state index is 12.6. The van der Waals surface area contributed by atoms with Gasteiger partial charge in [0.15, 0.2) is 11.6 Å². The van der Waals surface area contributed by atoms with Gasteiger partial charge < -0.3 is 19.2 Å². The Kier molecular flexibility index (Phi) is 6.64. The third kappa shape index (κ3) is 5.17. The largest absolute Gasteiger partial charge is 0.497 e. The molecule has 0 fully saturated rings. The monoisotopic (exact) mass is 445 g/mol. The number of rotatable bonds is 8. The lowest BCUT2D eigenvalue weighted by Crippen LogP contribution is -2.17. The van der Waals surface area contributed by atoms with E-state index in [1.54, 1.807) is 50.0 Å². The van der Waals surface area contributed by atoms with Crippen molar-refractivity contribution in [2.45, 2.75) is 26.4 Å². The Morgan fingerprint density at radius 3 is 2.73 bits per heavy atom. The van der Waals surface area contributed by atoms with Gasteiger partial charge in [-0.15, -0.1) is 0 Å². The molecule has 0 atom stereocenters. The number of carbonyl (C=O) groups is 1. The van der Waals surface area contributed by atoms with Gasteiger partial charge in [-0.05, 0) is 60.9 Å². The molecule has 0 aliphatic carbocycles. The summed E-state index contributed by atoms with van der Waals surface area (Å²) in [7, 11) is 1.55. The van der Waals surface area contributed by atoms with Crippen LogP contribution in [0.4, 0.5) is 5.82 Å². The van der Waals surface area contributed by atoms with E-state index in [-0.39, 0.29) is 18.7 Å². The molecule has 0 bridgehead atoms. The quantitative estimate of drug-likeness (QED) is 0.408. The molecule has 0 aliphatic rings. The fourth-order valence-electron chi connectivity index (χ4n) is 3.46. The molecule has 0 aliphatic heterocycles. The van der Waals surface area contributed by atoms with Crippen molar-refractivity contribution in [3.8, 4) is 11.5 Å². The maximum Gasteiger partial charge on any atom is 0.339 e. The molecule has 1 amide bonds. The van der Waals surface area contributed by atoms with E-state index < -0.39 is 5.63 Å². The molecule has 4 rings (SSSR count). The highest BCUT2D eigenvalue weighted by Gasteiger charge is 2.15. The second-order valence-electron chi connectivity index (χ2n) is 7.40. The molecule has 0 saturated carbocycles. The predicted octanol–water partition coefficient (Wildman–Crippen LogP) is 4.05. The number of nitrogens with one attached hydrogen (secondary N) is 1. The van der Waals surface area contributed by atoms with E-state index in [0.29, 0.717) is 35.1 Å². The van der Waals surface area contributed by atoms with Crippen molar-refractivity contribution in [2.24, 2.45) is 0 Å². The Bertz CT molecular complexity index is 1340. The van der Waals surface area contributed by atoms with Gasteiger partial charge in [-0.3, -0.25) is 9.78 Å². The Labute approximate surface area is 190 Å². The van der Waals surface area contributed by atoms with Crippen molar-refractivity contribution in [3.05, 3.63) is 88.2 Å². The number of hydrogen-bond acceptors (Lipinski definition) is 7. The van der Waals surface area contributed by atoms with Gasteiger partial charge in [0.2, 0.25) is 5.91 Å². The second kappa shape index (κ2) is 9.95. The fourth-order valence-corrected chi connectivity index (χ4v) is 3.46. The Hall–Kier alpha value is -4.20. The molecule has 0 unspecified atom stereocenters. The molecule has 0 radical (unpaired) electrons. The summed E-state index contributed by atoms with van der Waals surface area (Å²) in [6.45, 7) is 2.17. The van der Waals surface area contributed by atoms with Crippen molar-refractivity contribution in [1.29, 1.82) is 0 Å². The lowest BCUT2D eigenvalue weighted by molar-refractivity contribution is -0.116. The van der Waals surface area contributed by atoms with Crippen LogP contribution < -0.4 is 20.4 Å². The van der Waals surface area contributed by atoms with Crippen LogP contribution in [0, 0.1) is 6.92 Å². The molecule has 168 valence electrons. The molecule has 0 spiro atoms. The molecule has 3 heterocycles. The molecule has 1 N–H and O–H groups in total. The van der Waals surface area contributed by atoms with Crippen LogP contribution in [0.3, 0.4) is 0 Å². The topological polar surface area (TPSA) is 104 Å². The van der Waals surface area contributed by atoms with E-state index >= 15 is 0 Å². The van der Waals surface area contributed by atoms with Crippen molar-refractivity contribution in [3.63, 3.8) is 0 Å². The summed E-state index contributed by atoms with van der Waals surface area (Å²) in [4.78, 5) is 33.3. The Morgan fingerprint density at radius 1 is 1.12 bits per heavy atom. The lowest BCUT2D eigenvalue weighted by Gasteiger charge is -2.12. The molecule has 3 aromatic heterocycles. The summed E-state index contributed by atoms with van der Waals surface area (Å²) in [5, 5.41) is 3.58. The Balaban J connectivity index is 1.44. The van der Waals surface area contributed by atoms with Crippen LogP contribution in [0.2, 0.25) is 0 Å². The normalized spacial score (nSPS) is 10.7. The van der Waals surface area contributed by atoms with Gasteiger partial charge in [0.25, 0.3) is 0 Å². The molecular formula is C25H23N3O5. The number of anilines is 1. The first-order valence-corrected chi connectivity index (χ1v) is 10.4. The summed E-state index contributed by atoms with van der Waals surface area (Å²) < 4.78 is 16.5. The van der Waals surface area contributed by atoms with Crippen LogP contribution in [0.25, 0.3) is 11.0 Å². The number of pyridine rings is 2. The molecule has 4 aromatic rings.